The van der Waals surface area contributed by atoms with E-state index in [4.69, 9.17) is 0 Å². The number of benzene rings is 2. The molecule has 0 aliphatic heterocycles. The first-order chi connectivity index (χ1) is 12.8. The number of carbonyl (C=O) groups excluding carboxylic acids is 1. The van der Waals surface area contributed by atoms with Gasteiger partial charge in [-0.1, -0.05) is 0 Å². The molecule has 27 heavy (non-hydrogen) atoms. The zero-order valence-electron chi connectivity index (χ0n) is 15.4. The first-order valence-electron chi connectivity index (χ1n) is 8.65. The Morgan fingerprint density at radius 3 is 2.11 bits per heavy atom. The Bertz CT molecular complexity index is 1170. The molecule has 7 nitrogen and oxygen atoms in total. The zero-order chi connectivity index (χ0) is 19.8. The van der Waals surface area contributed by atoms with E-state index in [2.05, 4.69) is 4.72 Å². The molecule has 0 spiro atoms. The summed E-state index contributed by atoms with van der Waals surface area (Å²) >= 11 is 0. The van der Waals surface area contributed by atoms with Gasteiger partial charge in [0.1, 0.15) is 0 Å². The molecule has 0 saturated heterocycles. The summed E-state index contributed by atoms with van der Waals surface area (Å²) in [7, 11) is -3.83. The highest BCUT2D eigenvalue weighted by atomic mass is 32.2. The number of carbonyl (C=O) groups is 1. The number of rotatable bonds is 6. The van der Waals surface area contributed by atoms with Gasteiger partial charge in [-0.05, 0) is 63.2 Å². The number of sulfonamides is 1. The van der Waals surface area contributed by atoms with Crippen molar-refractivity contribution < 1.29 is 13.2 Å². The lowest BCUT2D eigenvalue weighted by molar-refractivity contribution is 0.101. The second-order valence-electron chi connectivity index (χ2n) is 6.16. The third-order valence-corrected chi connectivity index (χ3v) is 5.86. The van der Waals surface area contributed by atoms with Crippen LogP contribution in [0.4, 0.5) is 5.69 Å². The fourth-order valence-corrected chi connectivity index (χ4v) is 4.14. The molecule has 1 aromatic heterocycles. The minimum Gasteiger partial charge on any atom is -0.295 e. The van der Waals surface area contributed by atoms with Gasteiger partial charge in [0.15, 0.2) is 5.78 Å². The number of fused-ring (bicyclic) bond motifs is 1. The van der Waals surface area contributed by atoms with Gasteiger partial charge >= 0.3 is 5.69 Å². The van der Waals surface area contributed by atoms with Crippen LogP contribution >= 0.6 is 0 Å². The fraction of sp³-hybridized carbons (Fsp3) is 0.263. The number of Topliss-reactive ketones (excluding diaryl/α,β-unsaturated/α-hetero) is 1. The average Bonchev–Trinajstić information content (AvgIpc) is 2.91. The van der Waals surface area contributed by atoms with Gasteiger partial charge in [-0.25, -0.2) is 13.2 Å². The molecule has 2 aromatic carbocycles. The molecule has 0 atom stereocenters. The highest BCUT2D eigenvalue weighted by Crippen LogP contribution is 2.22. The molecule has 0 fully saturated rings. The third-order valence-electron chi connectivity index (χ3n) is 4.48. The highest BCUT2D eigenvalue weighted by molar-refractivity contribution is 7.92. The van der Waals surface area contributed by atoms with Crippen LogP contribution in [-0.2, 0) is 23.1 Å². The monoisotopic (exact) mass is 387 g/mol. The number of imidazole rings is 1. The Kier molecular flexibility index (Phi) is 4.93. The van der Waals surface area contributed by atoms with Gasteiger partial charge in [-0.3, -0.25) is 18.7 Å². The molecular formula is C19H21N3O4S. The molecule has 3 rings (SSSR count). The number of nitrogens with zero attached hydrogens (tertiary/aromatic N) is 2. The molecular weight excluding hydrogens is 366 g/mol. The number of ketones is 1. The van der Waals surface area contributed by atoms with Crippen molar-refractivity contribution in [3.8, 4) is 0 Å². The van der Waals surface area contributed by atoms with Gasteiger partial charge in [0.25, 0.3) is 10.0 Å². The van der Waals surface area contributed by atoms with Gasteiger partial charge in [-0.2, -0.15) is 0 Å². The molecule has 0 saturated carbocycles. The van der Waals surface area contributed by atoms with Crippen LogP contribution in [0.25, 0.3) is 11.0 Å². The van der Waals surface area contributed by atoms with Crippen LogP contribution in [0.2, 0.25) is 0 Å². The molecule has 8 heteroatoms. The number of aryl methyl sites for hydroxylation is 2. The molecule has 0 aliphatic rings. The molecule has 0 aliphatic carbocycles. The SMILES string of the molecule is CCn1c(=O)n(CC)c2cc(S(=O)(=O)Nc3ccc(C(C)=O)cc3)ccc21. The maximum Gasteiger partial charge on any atom is 0.329 e. The minimum atomic E-state index is -3.83. The summed E-state index contributed by atoms with van der Waals surface area (Å²) in [4.78, 5) is 23.8. The van der Waals surface area contributed by atoms with Crippen molar-refractivity contribution in [3.05, 3.63) is 58.5 Å². The molecule has 0 unspecified atom stereocenters. The van der Waals surface area contributed by atoms with E-state index < -0.39 is 10.0 Å². The van der Waals surface area contributed by atoms with Crippen LogP contribution in [0.15, 0.2) is 52.2 Å². The van der Waals surface area contributed by atoms with Gasteiger partial charge < -0.3 is 0 Å². The first-order valence-corrected chi connectivity index (χ1v) is 10.1. The maximum atomic E-state index is 12.8. The summed E-state index contributed by atoms with van der Waals surface area (Å²) in [6.07, 6.45) is 0. The van der Waals surface area contributed by atoms with Crippen molar-refractivity contribution in [2.75, 3.05) is 4.72 Å². The molecule has 142 valence electrons. The Labute approximate surface area is 157 Å². The summed E-state index contributed by atoms with van der Waals surface area (Å²) in [6, 6.07) is 10.9. The standard InChI is InChI=1S/C19H21N3O4S/c1-4-21-17-11-10-16(12-18(17)22(5-2)19(21)24)27(25,26)20-15-8-6-14(7-9-15)13(3)23/h6-12,20H,4-5H2,1-3H3. The highest BCUT2D eigenvalue weighted by Gasteiger charge is 2.18. The van der Waals surface area contributed by atoms with Crippen LogP contribution < -0.4 is 10.4 Å². The van der Waals surface area contributed by atoms with Crippen LogP contribution in [0.1, 0.15) is 31.1 Å². The molecule has 3 aromatic rings. The van der Waals surface area contributed by atoms with Crippen LogP contribution in [0, 0.1) is 0 Å². The topological polar surface area (TPSA) is 90.2 Å². The van der Waals surface area contributed by atoms with Crippen molar-refractivity contribution in [2.45, 2.75) is 38.8 Å². The van der Waals surface area contributed by atoms with Gasteiger partial charge in [0.05, 0.1) is 15.9 Å². The quantitative estimate of drug-likeness (QED) is 0.659. The van der Waals surface area contributed by atoms with Crippen LogP contribution in [0.5, 0.6) is 0 Å². The van der Waals surface area contributed by atoms with E-state index in [0.29, 0.717) is 35.4 Å². The Morgan fingerprint density at radius 2 is 1.56 bits per heavy atom. The Morgan fingerprint density at radius 1 is 0.963 bits per heavy atom. The number of aromatic nitrogens is 2. The second kappa shape index (κ2) is 7.03. The van der Waals surface area contributed by atoms with Gasteiger partial charge in [0, 0.05) is 24.3 Å². The van der Waals surface area contributed by atoms with E-state index in [-0.39, 0.29) is 16.4 Å². The molecule has 0 radical (unpaired) electrons. The number of nitrogens with one attached hydrogen (secondary N) is 1. The van der Waals surface area contributed by atoms with Crippen molar-refractivity contribution in [2.24, 2.45) is 0 Å². The van der Waals surface area contributed by atoms with Crippen LogP contribution in [-0.4, -0.2) is 23.3 Å². The number of hydrogen-bond donors (Lipinski definition) is 1. The van der Waals surface area contributed by atoms with E-state index in [0.717, 1.165) is 0 Å². The third kappa shape index (κ3) is 3.40. The molecule has 1 heterocycles. The van der Waals surface area contributed by atoms with Crippen molar-refractivity contribution in [3.63, 3.8) is 0 Å². The van der Waals surface area contributed by atoms with E-state index in [1.165, 1.54) is 19.1 Å². The molecule has 0 amide bonds. The summed E-state index contributed by atoms with van der Waals surface area (Å²) in [6.45, 7) is 6.12. The fourth-order valence-electron chi connectivity index (χ4n) is 3.06. The molecule has 1 N–H and O–H groups in total. The lowest BCUT2D eigenvalue weighted by Crippen LogP contribution is -2.23. The van der Waals surface area contributed by atoms with E-state index in [1.807, 2.05) is 13.8 Å². The summed E-state index contributed by atoms with van der Waals surface area (Å²) in [5, 5.41) is 0. The van der Waals surface area contributed by atoms with Crippen LogP contribution in [0.3, 0.4) is 0 Å². The average molecular weight is 387 g/mol. The lowest BCUT2D eigenvalue weighted by Gasteiger charge is -2.09. The largest absolute Gasteiger partial charge is 0.329 e. The zero-order valence-corrected chi connectivity index (χ0v) is 16.2. The molecule has 0 bridgehead atoms. The lowest BCUT2D eigenvalue weighted by atomic mass is 10.1. The Balaban J connectivity index is 2.02. The first kappa shape index (κ1) is 18.9. The summed E-state index contributed by atoms with van der Waals surface area (Å²) in [5.74, 6) is -0.0900. The van der Waals surface area contributed by atoms with E-state index in [1.54, 1.807) is 39.5 Å². The normalized spacial score (nSPS) is 11.7. The second-order valence-corrected chi connectivity index (χ2v) is 7.84. The smallest absolute Gasteiger partial charge is 0.295 e. The number of anilines is 1. The number of hydrogen-bond acceptors (Lipinski definition) is 4. The van der Waals surface area contributed by atoms with E-state index in [9.17, 15) is 18.0 Å². The Hall–Kier alpha value is -2.87. The van der Waals surface area contributed by atoms with Crippen molar-refractivity contribution in [1.29, 1.82) is 0 Å². The minimum absolute atomic E-state index is 0.0705. The van der Waals surface area contributed by atoms with Crippen molar-refractivity contribution >= 4 is 32.5 Å². The van der Waals surface area contributed by atoms with Gasteiger partial charge in [-0.15, -0.1) is 0 Å². The van der Waals surface area contributed by atoms with E-state index >= 15 is 0 Å². The summed E-state index contributed by atoms with van der Waals surface area (Å²) in [5.41, 5.74) is 2.00. The maximum absolute atomic E-state index is 12.8. The van der Waals surface area contributed by atoms with Gasteiger partial charge in [0.2, 0.25) is 0 Å². The summed E-state index contributed by atoms with van der Waals surface area (Å²) < 4.78 is 31.2. The predicted molar refractivity (Wildman–Crippen MR) is 105 cm³/mol. The van der Waals surface area contributed by atoms with Crippen molar-refractivity contribution in [1.82, 2.24) is 9.13 Å². The predicted octanol–water partition coefficient (Wildman–Crippen LogP) is 2.85.